The molecule has 4 nitrogen and oxygen atoms in total. The molecule has 0 unspecified atom stereocenters. The average molecular weight is 398 g/mol. The number of rotatable bonds is 6. The first-order valence-corrected chi connectivity index (χ1v) is 8.15. The van der Waals surface area contributed by atoms with E-state index in [0.29, 0.717) is 10.6 Å². The summed E-state index contributed by atoms with van der Waals surface area (Å²) in [5.41, 5.74) is 0.452. The Hall–Kier alpha value is -2.80. The van der Waals surface area contributed by atoms with Crippen LogP contribution in [0.1, 0.15) is 16.7 Å². The molecule has 1 amide bonds. The van der Waals surface area contributed by atoms with Crippen LogP contribution >= 0.6 is 11.6 Å². The summed E-state index contributed by atoms with van der Waals surface area (Å²) in [6, 6.07) is 11.2. The summed E-state index contributed by atoms with van der Waals surface area (Å²) in [5.74, 6) is -1.27. The van der Waals surface area contributed by atoms with Gasteiger partial charge in [-0.1, -0.05) is 35.9 Å². The molecule has 2 aromatic rings. The van der Waals surface area contributed by atoms with E-state index >= 15 is 0 Å². The Balaban J connectivity index is 1.75. The van der Waals surface area contributed by atoms with Gasteiger partial charge in [0.1, 0.15) is 0 Å². The van der Waals surface area contributed by atoms with Gasteiger partial charge in [0.25, 0.3) is 5.91 Å². The number of amides is 1. The number of nitrogens with one attached hydrogen (secondary N) is 1. The average Bonchev–Trinajstić information content (AvgIpc) is 2.64. The molecular weight excluding hydrogens is 383 g/mol. The molecule has 0 aliphatic carbocycles. The zero-order valence-corrected chi connectivity index (χ0v) is 14.7. The van der Waals surface area contributed by atoms with Crippen molar-refractivity contribution in [2.45, 2.75) is 12.7 Å². The van der Waals surface area contributed by atoms with Crippen LogP contribution in [0.15, 0.2) is 54.6 Å². The summed E-state index contributed by atoms with van der Waals surface area (Å²) in [6.07, 6.45) is -2.08. The van der Waals surface area contributed by atoms with Gasteiger partial charge in [-0.25, -0.2) is 4.79 Å². The standard InChI is InChI=1S/C19H15ClF3NO3/c20-16-8-3-14(4-9-16)11-24-17(25)12-27-18(26)10-5-13-1-6-15(7-2-13)19(21,22)23/h1-10H,11-12H2,(H,24,25)/b10-5+. The summed E-state index contributed by atoms with van der Waals surface area (Å²) < 4.78 is 42.2. The number of hydrogen-bond donors (Lipinski definition) is 1. The molecule has 0 saturated carbocycles. The van der Waals surface area contributed by atoms with Gasteiger partial charge in [-0.05, 0) is 41.5 Å². The molecule has 0 aromatic heterocycles. The third-order valence-corrected chi connectivity index (χ3v) is 3.65. The molecule has 0 heterocycles. The second-order valence-corrected chi connectivity index (χ2v) is 5.90. The Morgan fingerprint density at radius 3 is 2.26 bits per heavy atom. The predicted molar refractivity (Wildman–Crippen MR) is 94.7 cm³/mol. The smallest absolute Gasteiger partial charge is 0.416 e. The highest BCUT2D eigenvalue weighted by Gasteiger charge is 2.29. The number of carbonyl (C=O) groups is 2. The van der Waals surface area contributed by atoms with Crippen LogP contribution in [0.2, 0.25) is 5.02 Å². The largest absolute Gasteiger partial charge is 0.452 e. The molecular formula is C19H15ClF3NO3. The van der Waals surface area contributed by atoms with Gasteiger partial charge >= 0.3 is 12.1 Å². The second kappa shape index (κ2) is 9.23. The van der Waals surface area contributed by atoms with Crippen molar-refractivity contribution >= 4 is 29.6 Å². The van der Waals surface area contributed by atoms with E-state index in [1.807, 2.05) is 0 Å². The highest BCUT2D eigenvalue weighted by molar-refractivity contribution is 6.30. The Morgan fingerprint density at radius 1 is 1.04 bits per heavy atom. The Kier molecular flexibility index (Phi) is 7.01. The minimum Gasteiger partial charge on any atom is -0.452 e. The molecule has 0 spiro atoms. The van der Waals surface area contributed by atoms with Crippen LogP contribution in [0.3, 0.4) is 0 Å². The van der Waals surface area contributed by atoms with Crippen molar-refractivity contribution in [2.75, 3.05) is 6.61 Å². The topological polar surface area (TPSA) is 55.4 Å². The van der Waals surface area contributed by atoms with Crippen molar-refractivity contribution in [3.05, 3.63) is 76.3 Å². The molecule has 0 aliphatic heterocycles. The zero-order chi connectivity index (χ0) is 19.9. The first-order chi connectivity index (χ1) is 12.7. The first-order valence-electron chi connectivity index (χ1n) is 7.77. The lowest BCUT2D eigenvalue weighted by Gasteiger charge is -2.06. The van der Waals surface area contributed by atoms with Crippen LogP contribution in [0.25, 0.3) is 6.08 Å². The van der Waals surface area contributed by atoms with E-state index in [0.717, 1.165) is 23.8 Å². The molecule has 1 N–H and O–H groups in total. The van der Waals surface area contributed by atoms with Gasteiger partial charge in [0, 0.05) is 17.6 Å². The minimum atomic E-state index is -4.42. The highest BCUT2D eigenvalue weighted by atomic mass is 35.5. The highest BCUT2D eigenvalue weighted by Crippen LogP contribution is 2.29. The van der Waals surface area contributed by atoms with Crippen molar-refractivity contribution in [1.82, 2.24) is 5.32 Å². The zero-order valence-electron chi connectivity index (χ0n) is 13.9. The fourth-order valence-corrected chi connectivity index (χ4v) is 2.11. The maximum atomic E-state index is 12.5. The number of benzene rings is 2. The number of ether oxygens (including phenoxy) is 1. The number of esters is 1. The molecule has 142 valence electrons. The predicted octanol–water partition coefficient (Wildman–Crippen LogP) is 4.23. The summed E-state index contributed by atoms with van der Waals surface area (Å²) in [6.45, 7) is -0.210. The molecule has 2 aromatic carbocycles. The first kappa shape index (κ1) is 20.5. The van der Waals surface area contributed by atoms with Crippen LogP contribution in [0.4, 0.5) is 13.2 Å². The van der Waals surface area contributed by atoms with E-state index < -0.39 is 30.2 Å². The van der Waals surface area contributed by atoms with Gasteiger partial charge in [-0.2, -0.15) is 13.2 Å². The fourth-order valence-electron chi connectivity index (χ4n) is 1.99. The SMILES string of the molecule is O=C(COC(=O)/C=C/c1ccc(C(F)(F)F)cc1)NCc1ccc(Cl)cc1. The van der Waals surface area contributed by atoms with E-state index in [-0.39, 0.29) is 6.54 Å². The van der Waals surface area contributed by atoms with Gasteiger partial charge in [0.15, 0.2) is 6.61 Å². The molecule has 0 radical (unpaired) electrons. The quantitative estimate of drug-likeness (QED) is 0.586. The van der Waals surface area contributed by atoms with Crippen LogP contribution in [0.5, 0.6) is 0 Å². The lowest BCUT2D eigenvalue weighted by atomic mass is 10.1. The van der Waals surface area contributed by atoms with Crippen molar-refractivity contribution in [3.63, 3.8) is 0 Å². The monoisotopic (exact) mass is 397 g/mol. The second-order valence-electron chi connectivity index (χ2n) is 5.46. The van der Waals surface area contributed by atoms with Gasteiger partial charge in [-0.3, -0.25) is 4.79 Å². The lowest BCUT2D eigenvalue weighted by Crippen LogP contribution is -2.28. The summed E-state index contributed by atoms with van der Waals surface area (Å²) in [7, 11) is 0. The van der Waals surface area contributed by atoms with E-state index in [1.54, 1.807) is 24.3 Å². The van der Waals surface area contributed by atoms with Crippen LogP contribution in [-0.2, 0) is 27.0 Å². The molecule has 27 heavy (non-hydrogen) atoms. The van der Waals surface area contributed by atoms with Crippen molar-refractivity contribution < 1.29 is 27.5 Å². The van der Waals surface area contributed by atoms with Gasteiger partial charge < -0.3 is 10.1 Å². The molecule has 0 aliphatic rings. The number of alkyl halides is 3. The molecule has 0 bridgehead atoms. The summed E-state index contributed by atoms with van der Waals surface area (Å²) >= 11 is 5.76. The molecule has 0 saturated heterocycles. The van der Waals surface area contributed by atoms with Crippen LogP contribution in [0, 0.1) is 0 Å². The van der Waals surface area contributed by atoms with E-state index in [1.165, 1.54) is 18.2 Å². The number of hydrogen-bond acceptors (Lipinski definition) is 3. The van der Waals surface area contributed by atoms with E-state index in [4.69, 9.17) is 16.3 Å². The third kappa shape index (κ3) is 7.15. The fraction of sp³-hybridized carbons (Fsp3) is 0.158. The molecule has 2 rings (SSSR count). The third-order valence-electron chi connectivity index (χ3n) is 3.40. The minimum absolute atomic E-state index is 0.259. The normalized spacial score (nSPS) is 11.4. The maximum absolute atomic E-state index is 12.5. The summed E-state index contributed by atoms with van der Waals surface area (Å²) in [5, 5.41) is 3.16. The Morgan fingerprint density at radius 2 is 1.67 bits per heavy atom. The van der Waals surface area contributed by atoms with Crippen molar-refractivity contribution in [3.8, 4) is 0 Å². The maximum Gasteiger partial charge on any atom is 0.416 e. The Bertz CT molecular complexity index is 816. The summed E-state index contributed by atoms with van der Waals surface area (Å²) in [4.78, 5) is 23.2. The van der Waals surface area contributed by atoms with E-state index in [2.05, 4.69) is 5.32 Å². The molecule has 0 fully saturated rings. The number of halogens is 4. The van der Waals surface area contributed by atoms with Crippen LogP contribution < -0.4 is 5.32 Å². The van der Waals surface area contributed by atoms with Gasteiger partial charge in [0.2, 0.25) is 0 Å². The Labute approximate surface area is 158 Å². The molecule has 8 heteroatoms. The van der Waals surface area contributed by atoms with Crippen LogP contribution in [-0.4, -0.2) is 18.5 Å². The lowest BCUT2D eigenvalue weighted by molar-refractivity contribution is -0.143. The van der Waals surface area contributed by atoms with Gasteiger partial charge in [0.05, 0.1) is 5.56 Å². The number of carbonyl (C=O) groups excluding carboxylic acids is 2. The van der Waals surface area contributed by atoms with Gasteiger partial charge in [-0.15, -0.1) is 0 Å². The molecule has 0 atom stereocenters. The van der Waals surface area contributed by atoms with Crippen molar-refractivity contribution in [2.24, 2.45) is 0 Å². The van der Waals surface area contributed by atoms with Crippen molar-refractivity contribution in [1.29, 1.82) is 0 Å². The van der Waals surface area contributed by atoms with E-state index in [9.17, 15) is 22.8 Å².